The van der Waals surface area contributed by atoms with Crippen LogP contribution in [0.1, 0.15) is 15.9 Å². The molecule has 6 heteroatoms. The van der Waals surface area contributed by atoms with Gasteiger partial charge in [-0.15, -0.1) is 0 Å². The van der Waals surface area contributed by atoms with E-state index in [1.165, 1.54) is 6.07 Å². The largest absolute Gasteiger partial charge is 0.268 e. The van der Waals surface area contributed by atoms with Crippen LogP contribution in [0, 0.1) is 6.92 Å². The molecule has 2 aromatic rings. The fraction of sp³-hybridized carbons (Fsp3) is 0.0714. The van der Waals surface area contributed by atoms with E-state index >= 15 is 0 Å². The Hall–Kier alpha value is -1.66. The van der Waals surface area contributed by atoms with Gasteiger partial charge in [-0.25, -0.2) is 13.1 Å². The van der Waals surface area contributed by atoms with Crippen LogP contribution >= 0.6 is 15.9 Å². The van der Waals surface area contributed by atoms with E-state index in [0.29, 0.717) is 5.56 Å². The van der Waals surface area contributed by atoms with Crippen LogP contribution in [0.25, 0.3) is 0 Å². The van der Waals surface area contributed by atoms with Crippen LogP contribution in [0.4, 0.5) is 0 Å². The van der Waals surface area contributed by atoms with Crippen LogP contribution in [0.5, 0.6) is 0 Å². The van der Waals surface area contributed by atoms with Crippen LogP contribution in [0.3, 0.4) is 0 Å². The summed E-state index contributed by atoms with van der Waals surface area (Å²) in [5, 5.41) is 0. The number of amides is 1. The summed E-state index contributed by atoms with van der Waals surface area (Å²) in [5.74, 6) is -0.652. The summed E-state index contributed by atoms with van der Waals surface area (Å²) in [6.45, 7) is 1.68. The van der Waals surface area contributed by atoms with Crippen molar-refractivity contribution < 1.29 is 13.2 Å². The van der Waals surface area contributed by atoms with Crippen molar-refractivity contribution in [3.05, 3.63) is 64.1 Å². The highest BCUT2D eigenvalue weighted by Crippen LogP contribution is 2.15. The molecular formula is C14H12BrNO3S. The lowest BCUT2D eigenvalue weighted by molar-refractivity contribution is 0.0981. The van der Waals surface area contributed by atoms with Gasteiger partial charge in [0.15, 0.2) is 0 Å². The summed E-state index contributed by atoms with van der Waals surface area (Å²) < 4.78 is 27.2. The van der Waals surface area contributed by atoms with Crippen molar-refractivity contribution >= 4 is 31.9 Å². The number of hydrogen-bond acceptors (Lipinski definition) is 3. The summed E-state index contributed by atoms with van der Waals surface area (Å²) in [5.41, 5.74) is 0.869. The molecule has 104 valence electrons. The number of hydrogen-bond donors (Lipinski definition) is 1. The highest BCUT2D eigenvalue weighted by molar-refractivity contribution is 9.10. The Balaban J connectivity index is 2.27. The monoisotopic (exact) mass is 353 g/mol. The standard InChI is InChI=1S/C14H12BrNO3S/c1-10-4-2-3-5-13(10)20(18,19)16-14(17)11-6-8-12(15)9-7-11/h2-9H,1H3,(H,16,17). The van der Waals surface area contributed by atoms with E-state index in [1.807, 2.05) is 0 Å². The third-order valence-electron chi connectivity index (χ3n) is 2.72. The van der Waals surface area contributed by atoms with Crippen LogP contribution < -0.4 is 4.72 Å². The zero-order valence-electron chi connectivity index (χ0n) is 10.6. The normalized spacial score (nSPS) is 11.1. The van der Waals surface area contributed by atoms with Gasteiger partial charge in [0, 0.05) is 10.0 Å². The predicted molar refractivity (Wildman–Crippen MR) is 80.0 cm³/mol. The summed E-state index contributed by atoms with van der Waals surface area (Å²) in [6.07, 6.45) is 0. The lowest BCUT2D eigenvalue weighted by Crippen LogP contribution is -2.31. The SMILES string of the molecule is Cc1ccccc1S(=O)(=O)NC(=O)c1ccc(Br)cc1. The molecule has 0 aliphatic rings. The molecule has 20 heavy (non-hydrogen) atoms. The maximum absolute atomic E-state index is 12.2. The number of rotatable bonds is 3. The molecule has 2 rings (SSSR count). The first-order chi connectivity index (χ1) is 9.40. The maximum Gasteiger partial charge on any atom is 0.264 e. The molecule has 0 saturated heterocycles. The van der Waals surface area contributed by atoms with Gasteiger partial charge in [0.05, 0.1) is 4.90 Å². The number of carbonyl (C=O) groups is 1. The molecule has 4 nitrogen and oxygen atoms in total. The van der Waals surface area contributed by atoms with Gasteiger partial charge in [-0.05, 0) is 42.8 Å². The summed E-state index contributed by atoms with van der Waals surface area (Å²) in [7, 11) is -3.86. The van der Waals surface area contributed by atoms with E-state index in [-0.39, 0.29) is 10.5 Å². The number of halogens is 1. The van der Waals surface area contributed by atoms with Crippen LogP contribution in [-0.4, -0.2) is 14.3 Å². The van der Waals surface area contributed by atoms with E-state index in [4.69, 9.17) is 0 Å². The predicted octanol–water partition coefficient (Wildman–Crippen LogP) is 2.88. The Morgan fingerprint density at radius 2 is 1.65 bits per heavy atom. The Kier molecular flexibility index (Phi) is 4.25. The molecule has 0 spiro atoms. The molecule has 0 aromatic heterocycles. The molecule has 0 aliphatic carbocycles. The Morgan fingerprint density at radius 3 is 2.25 bits per heavy atom. The molecule has 0 heterocycles. The fourth-order valence-corrected chi connectivity index (χ4v) is 3.18. The molecule has 0 fully saturated rings. The van der Waals surface area contributed by atoms with Gasteiger partial charge in [-0.3, -0.25) is 4.79 Å². The molecule has 0 unspecified atom stereocenters. The molecule has 0 atom stereocenters. The van der Waals surface area contributed by atoms with Gasteiger partial charge in [0.25, 0.3) is 15.9 Å². The van der Waals surface area contributed by atoms with Gasteiger partial charge in [-0.1, -0.05) is 34.1 Å². The van der Waals surface area contributed by atoms with Gasteiger partial charge in [-0.2, -0.15) is 0 Å². The van der Waals surface area contributed by atoms with Crippen molar-refractivity contribution in [1.82, 2.24) is 4.72 Å². The van der Waals surface area contributed by atoms with Crippen molar-refractivity contribution in [1.29, 1.82) is 0 Å². The van der Waals surface area contributed by atoms with E-state index < -0.39 is 15.9 Å². The molecule has 2 aromatic carbocycles. The number of nitrogens with one attached hydrogen (secondary N) is 1. The minimum Gasteiger partial charge on any atom is -0.268 e. The Labute approximate surface area is 126 Å². The average Bonchev–Trinajstić information content (AvgIpc) is 2.39. The van der Waals surface area contributed by atoms with Gasteiger partial charge in [0.2, 0.25) is 0 Å². The van der Waals surface area contributed by atoms with Gasteiger partial charge >= 0.3 is 0 Å². The van der Waals surface area contributed by atoms with E-state index in [0.717, 1.165) is 4.47 Å². The molecule has 0 aliphatic heterocycles. The maximum atomic E-state index is 12.2. The zero-order valence-corrected chi connectivity index (χ0v) is 13.0. The quantitative estimate of drug-likeness (QED) is 0.922. The smallest absolute Gasteiger partial charge is 0.264 e. The Bertz CT molecular complexity index is 739. The van der Waals surface area contributed by atoms with Crippen molar-refractivity contribution in [2.24, 2.45) is 0 Å². The summed E-state index contributed by atoms with van der Waals surface area (Å²) in [4.78, 5) is 12.1. The van der Waals surface area contributed by atoms with Gasteiger partial charge < -0.3 is 0 Å². The second-order valence-corrected chi connectivity index (χ2v) is 6.77. The minimum absolute atomic E-state index is 0.102. The molecule has 0 radical (unpaired) electrons. The molecule has 0 saturated carbocycles. The van der Waals surface area contributed by atoms with Crippen molar-refractivity contribution in [2.45, 2.75) is 11.8 Å². The number of carbonyl (C=O) groups excluding carboxylic acids is 1. The second kappa shape index (κ2) is 5.76. The third-order valence-corrected chi connectivity index (χ3v) is 4.74. The fourth-order valence-electron chi connectivity index (χ4n) is 1.70. The average molecular weight is 354 g/mol. The molecule has 1 N–H and O–H groups in total. The van der Waals surface area contributed by atoms with Gasteiger partial charge in [0.1, 0.15) is 0 Å². The van der Waals surface area contributed by atoms with E-state index in [2.05, 4.69) is 20.7 Å². The number of aryl methyl sites for hydroxylation is 1. The molecule has 1 amide bonds. The first-order valence-corrected chi connectivity index (χ1v) is 8.06. The zero-order chi connectivity index (χ0) is 14.8. The minimum atomic E-state index is -3.86. The first-order valence-electron chi connectivity index (χ1n) is 5.78. The topological polar surface area (TPSA) is 63.2 Å². The van der Waals surface area contributed by atoms with E-state index in [1.54, 1.807) is 49.4 Å². The van der Waals surface area contributed by atoms with Crippen LogP contribution in [-0.2, 0) is 10.0 Å². The molecular weight excluding hydrogens is 342 g/mol. The lowest BCUT2D eigenvalue weighted by Gasteiger charge is -2.09. The van der Waals surface area contributed by atoms with Crippen molar-refractivity contribution in [2.75, 3.05) is 0 Å². The summed E-state index contributed by atoms with van der Waals surface area (Å²) >= 11 is 3.25. The first kappa shape index (κ1) is 14.7. The third kappa shape index (κ3) is 3.26. The Morgan fingerprint density at radius 1 is 1.05 bits per heavy atom. The van der Waals surface area contributed by atoms with Crippen LogP contribution in [0.2, 0.25) is 0 Å². The highest BCUT2D eigenvalue weighted by atomic mass is 79.9. The second-order valence-electron chi connectivity index (χ2n) is 4.21. The highest BCUT2D eigenvalue weighted by Gasteiger charge is 2.20. The van der Waals surface area contributed by atoms with Crippen molar-refractivity contribution in [3.8, 4) is 0 Å². The van der Waals surface area contributed by atoms with E-state index in [9.17, 15) is 13.2 Å². The van der Waals surface area contributed by atoms with Crippen molar-refractivity contribution in [3.63, 3.8) is 0 Å². The summed E-state index contributed by atoms with van der Waals surface area (Å²) in [6, 6.07) is 13.0. The molecule has 0 bridgehead atoms. The van der Waals surface area contributed by atoms with Crippen LogP contribution in [0.15, 0.2) is 57.9 Å². The number of benzene rings is 2. The number of sulfonamides is 1. The lowest BCUT2D eigenvalue weighted by atomic mass is 10.2.